The lowest BCUT2D eigenvalue weighted by Crippen LogP contribution is -2.07. The highest BCUT2D eigenvalue weighted by atomic mass is 79.9. The summed E-state index contributed by atoms with van der Waals surface area (Å²) in [5, 5.41) is 0. The highest BCUT2D eigenvalue weighted by Crippen LogP contribution is 2.45. The molecule has 0 radical (unpaired) electrons. The third-order valence-corrected chi connectivity index (χ3v) is 9.78. The van der Waals surface area contributed by atoms with Gasteiger partial charge in [-0.15, -0.1) is 49.8 Å². The fourth-order valence-corrected chi connectivity index (χ4v) is 9.31. The van der Waals surface area contributed by atoms with Crippen molar-refractivity contribution in [1.29, 1.82) is 0 Å². The molecule has 0 spiro atoms. The third-order valence-electron chi connectivity index (χ3n) is 3.06. The van der Waals surface area contributed by atoms with Gasteiger partial charge in [0.15, 0.2) is 0 Å². The first-order chi connectivity index (χ1) is 8.49. The van der Waals surface area contributed by atoms with Gasteiger partial charge in [0.1, 0.15) is 0 Å². The van der Waals surface area contributed by atoms with Gasteiger partial charge in [0.25, 0.3) is 0 Å². The van der Waals surface area contributed by atoms with E-state index in [0.717, 1.165) is 11.8 Å². The first kappa shape index (κ1) is 26.7. The Hall–Kier alpha value is 1.82. The molecular formula is C16H38Br2P2. The van der Waals surface area contributed by atoms with E-state index < -0.39 is 0 Å². The Bertz CT molecular complexity index is 167. The van der Waals surface area contributed by atoms with Gasteiger partial charge in [-0.05, 0) is 48.8 Å². The molecule has 0 N–H and O–H groups in total. The molecule has 126 valence electrons. The Morgan fingerprint density at radius 3 is 1.10 bits per heavy atom. The normalized spacial score (nSPS) is 13.8. The molecule has 0 aromatic rings. The number of hydrogen-bond donors (Lipinski definition) is 0. The summed E-state index contributed by atoms with van der Waals surface area (Å²) in [6.07, 6.45) is 12.0. The summed E-state index contributed by atoms with van der Waals surface area (Å²) in [6, 6.07) is 0. The van der Waals surface area contributed by atoms with Crippen molar-refractivity contribution in [2.45, 2.75) is 54.4 Å². The molecule has 0 saturated carbocycles. The first-order valence-corrected chi connectivity index (χ1v) is 11.7. The lowest BCUT2D eigenvalue weighted by Gasteiger charge is -2.24. The van der Waals surface area contributed by atoms with E-state index in [1.807, 2.05) is 0 Å². The van der Waals surface area contributed by atoms with E-state index in [9.17, 15) is 0 Å². The van der Waals surface area contributed by atoms with Crippen LogP contribution in [0.2, 0.25) is 0 Å². The average molecular weight is 452 g/mol. The summed E-state index contributed by atoms with van der Waals surface area (Å²) >= 11 is 0. The maximum absolute atomic E-state index is 2.40. The molecule has 0 aliphatic heterocycles. The van der Waals surface area contributed by atoms with Crippen molar-refractivity contribution < 1.29 is 0 Å². The summed E-state index contributed by atoms with van der Waals surface area (Å²) in [5.74, 6) is 1.82. The van der Waals surface area contributed by atoms with Gasteiger partial charge in [0.05, 0.1) is 0 Å². The minimum atomic E-state index is 0. The lowest BCUT2D eigenvalue weighted by molar-refractivity contribution is 0.740. The van der Waals surface area contributed by atoms with Crippen LogP contribution in [-0.2, 0) is 0 Å². The second-order valence-electron chi connectivity index (χ2n) is 6.39. The van der Waals surface area contributed by atoms with Crippen LogP contribution in [0.25, 0.3) is 0 Å². The van der Waals surface area contributed by atoms with Crippen LogP contribution in [0, 0.1) is 11.8 Å². The standard InChI is InChI=1S/C16H36P2.2BrH/c1-7-9-17(13-15(3)4)11-12-18(10-8-2)14-16(5)6;;/h15-16H,7-14H2,1-6H3;2*1H. The van der Waals surface area contributed by atoms with Gasteiger partial charge in [-0.3, -0.25) is 0 Å². The van der Waals surface area contributed by atoms with Crippen LogP contribution in [-0.4, -0.2) is 37.0 Å². The van der Waals surface area contributed by atoms with Crippen molar-refractivity contribution in [3.63, 3.8) is 0 Å². The fourth-order valence-electron chi connectivity index (χ4n) is 2.54. The predicted octanol–water partition coefficient (Wildman–Crippen LogP) is 7.24. The molecule has 0 rings (SSSR count). The molecule has 0 nitrogen and oxygen atoms in total. The maximum Gasteiger partial charge on any atom is -0.0286 e. The number of hydrogen-bond acceptors (Lipinski definition) is 0. The van der Waals surface area contributed by atoms with E-state index >= 15 is 0 Å². The molecule has 0 amide bonds. The molecule has 2 atom stereocenters. The zero-order chi connectivity index (χ0) is 14.0. The zero-order valence-corrected chi connectivity index (χ0v) is 19.7. The highest BCUT2D eigenvalue weighted by Gasteiger charge is 2.14. The second-order valence-corrected chi connectivity index (χ2v) is 11.6. The van der Waals surface area contributed by atoms with Crippen molar-refractivity contribution in [3.8, 4) is 0 Å². The minimum absolute atomic E-state index is 0. The molecule has 2 unspecified atom stereocenters. The second kappa shape index (κ2) is 17.2. The van der Waals surface area contributed by atoms with Crippen molar-refractivity contribution in [2.24, 2.45) is 11.8 Å². The molecule has 0 fully saturated rings. The van der Waals surface area contributed by atoms with E-state index in [-0.39, 0.29) is 34.0 Å². The minimum Gasteiger partial charge on any atom is -0.114 e. The molecule has 0 aliphatic carbocycles. The van der Waals surface area contributed by atoms with Gasteiger partial charge >= 0.3 is 0 Å². The monoisotopic (exact) mass is 450 g/mol. The molecular weight excluding hydrogens is 414 g/mol. The van der Waals surface area contributed by atoms with Crippen LogP contribution < -0.4 is 0 Å². The quantitative estimate of drug-likeness (QED) is 0.290. The first-order valence-electron chi connectivity index (χ1n) is 7.94. The van der Waals surface area contributed by atoms with E-state index in [4.69, 9.17) is 0 Å². The summed E-state index contributed by atoms with van der Waals surface area (Å²) in [7, 11) is 0.696. The van der Waals surface area contributed by atoms with E-state index in [1.54, 1.807) is 12.3 Å². The molecule has 0 bridgehead atoms. The largest absolute Gasteiger partial charge is 0.114 e. The molecule has 0 aromatic heterocycles. The van der Waals surface area contributed by atoms with Gasteiger partial charge < -0.3 is 0 Å². The Morgan fingerprint density at radius 2 is 0.900 bits per heavy atom. The van der Waals surface area contributed by atoms with Crippen LogP contribution >= 0.6 is 49.8 Å². The van der Waals surface area contributed by atoms with Crippen LogP contribution in [0.15, 0.2) is 0 Å². The third kappa shape index (κ3) is 16.2. The topological polar surface area (TPSA) is 0 Å². The summed E-state index contributed by atoms with van der Waals surface area (Å²) < 4.78 is 0. The van der Waals surface area contributed by atoms with Gasteiger partial charge in [0, 0.05) is 0 Å². The van der Waals surface area contributed by atoms with Crippen LogP contribution in [0.4, 0.5) is 0 Å². The molecule has 0 aliphatic rings. The summed E-state index contributed by atoms with van der Waals surface area (Å²) in [4.78, 5) is 0. The van der Waals surface area contributed by atoms with E-state index in [0.29, 0.717) is 15.8 Å². The number of rotatable bonds is 11. The SMILES string of the molecule is Br.Br.CCCP(CCP(CCC)CC(C)C)CC(C)C. The van der Waals surface area contributed by atoms with E-state index in [2.05, 4.69) is 41.5 Å². The van der Waals surface area contributed by atoms with Crippen LogP contribution in [0.5, 0.6) is 0 Å². The predicted molar refractivity (Wildman–Crippen MR) is 114 cm³/mol. The van der Waals surface area contributed by atoms with Crippen molar-refractivity contribution in [2.75, 3.05) is 37.0 Å². The summed E-state index contributed by atoms with van der Waals surface area (Å²) in [6.45, 7) is 14.3. The summed E-state index contributed by atoms with van der Waals surface area (Å²) in [5.41, 5.74) is 0. The smallest absolute Gasteiger partial charge is 0.0286 e. The Balaban J connectivity index is -0.00000144. The molecule has 0 saturated heterocycles. The molecule has 4 heteroatoms. The molecule has 20 heavy (non-hydrogen) atoms. The Kier molecular flexibility index (Phi) is 22.9. The zero-order valence-electron chi connectivity index (χ0n) is 14.5. The molecule has 0 aromatic carbocycles. The van der Waals surface area contributed by atoms with Gasteiger partial charge in [-0.2, -0.15) is 0 Å². The van der Waals surface area contributed by atoms with Crippen molar-refractivity contribution in [1.82, 2.24) is 0 Å². The lowest BCUT2D eigenvalue weighted by atomic mass is 10.3. The van der Waals surface area contributed by atoms with Crippen LogP contribution in [0.3, 0.4) is 0 Å². The average Bonchev–Trinajstić information content (AvgIpc) is 2.24. The van der Waals surface area contributed by atoms with Gasteiger partial charge in [-0.1, -0.05) is 54.4 Å². The van der Waals surface area contributed by atoms with Crippen molar-refractivity contribution in [3.05, 3.63) is 0 Å². The number of halogens is 2. The Morgan fingerprint density at radius 1 is 0.600 bits per heavy atom. The Labute approximate surface area is 152 Å². The molecule has 0 heterocycles. The van der Waals surface area contributed by atoms with Crippen LogP contribution in [0.1, 0.15) is 54.4 Å². The highest BCUT2D eigenvalue weighted by molar-refractivity contribution is 8.93. The van der Waals surface area contributed by atoms with Gasteiger partial charge in [0.2, 0.25) is 0 Å². The maximum atomic E-state index is 2.40. The van der Waals surface area contributed by atoms with Crippen molar-refractivity contribution >= 4 is 49.8 Å². The van der Waals surface area contributed by atoms with Gasteiger partial charge in [-0.25, -0.2) is 0 Å². The fraction of sp³-hybridized carbons (Fsp3) is 1.00. The van der Waals surface area contributed by atoms with E-state index in [1.165, 1.54) is 37.5 Å².